The summed E-state index contributed by atoms with van der Waals surface area (Å²) in [6.07, 6.45) is 2.11. The molecule has 1 fully saturated rings. The number of nitrogens with one attached hydrogen (secondary N) is 1. The van der Waals surface area contributed by atoms with Crippen LogP contribution < -0.4 is 5.32 Å². The van der Waals surface area contributed by atoms with Crippen molar-refractivity contribution in [3.63, 3.8) is 0 Å². The standard InChI is InChI=1S/C22H28N2O2S/c1-13(2)14(3)15(4)21-12-22(27-7,16(5)25)24(17(6)26)20(21)23-19-11-9-8-10-18(19)21/h8-11,20,23H,4,12H2,1-3,5-7H3/t20-,21+,22?/m1/s1. The van der Waals surface area contributed by atoms with Crippen LogP contribution in [0, 0.1) is 0 Å². The van der Waals surface area contributed by atoms with Crippen LogP contribution in [0.2, 0.25) is 0 Å². The summed E-state index contributed by atoms with van der Waals surface area (Å²) in [7, 11) is 0. The van der Waals surface area contributed by atoms with Crippen molar-refractivity contribution in [2.75, 3.05) is 11.6 Å². The predicted octanol–water partition coefficient (Wildman–Crippen LogP) is 4.49. The van der Waals surface area contributed by atoms with E-state index >= 15 is 0 Å². The number of benzene rings is 1. The molecule has 0 aliphatic carbocycles. The Labute approximate surface area is 166 Å². The van der Waals surface area contributed by atoms with Crippen LogP contribution in [0.4, 0.5) is 5.69 Å². The van der Waals surface area contributed by atoms with Gasteiger partial charge in [-0.3, -0.25) is 14.5 Å². The first kappa shape index (κ1) is 19.7. The summed E-state index contributed by atoms with van der Waals surface area (Å²) in [5.74, 6) is -0.102. The molecule has 1 saturated heterocycles. The number of hydrogen-bond acceptors (Lipinski definition) is 4. The Balaban J connectivity index is 2.34. The van der Waals surface area contributed by atoms with E-state index in [0.717, 1.165) is 22.4 Å². The van der Waals surface area contributed by atoms with Gasteiger partial charge in [0.05, 0.1) is 5.41 Å². The molecule has 0 radical (unpaired) electrons. The van der Waals surface area contributed by atoms with Gasteiger partial charge < -0.3 is 5.32 Å². The number of hydrogen-bond donors (Lipinski definition) is 1. The molecule has 5 heteroatoms. The van der Waals surface area contributed by atoms with Gasteiger partial charge in [-0.25, -0.2) is 0 Å². The number of rotatable bonds is 4. The molecule has 144 valence electrons. The largest absolute Gasteiger partial charge is 0.364 e. The van der Waals surface area contributed by atoms with E-state index in [1.165, 1.54) is 17.3 Å². The molecule has 3 rings (SSSR count). The molecule has 0 spiro atoms. The second-order valence-corrected chi connectivity index (χ2v) is 8.86. The summed E-state index contributed by atoms with van der Waals surface area (Å²) in [5.41, 5.74) is 4.89. The Bertz CT molecular complexity index is 871. The number of carbonyl (C=O) groups excluding carboxylic acids is 2. The molecule has 0 saturated carbocycles. The van der Waals surface area contributed by atoms with Crippen LogP contribution in [0.3, 0.4) is 0 Å². The van der Waals surface area contributed by atoms with E-state index in [0.29, 0.717) is 6.42 Å². The maximum absolute atomic E-state index is 12.8. The van der Waals surface area contributed by atoms with E-state index < -0.39 is 10.3 Å². The molecule has 0 aromatic heterocycles. The number of thioether (sulfide) groups is 1. The van der Waals surface area contributed by atoms with Gasteiger partial charge in [0.1, 0.15) is 11.0 Å². The first-order valence-electron chi connectivity index (χ1n) is 9.19. The lowest BCUT2D eigenvalue weighted by atomic mass is 9.69. The number of allylic oxidation sites excluding steroid dienone is 2. The quantitative estimate of drug-likeness (QED) is 0.777. The maximum atomic E-state index is 12.8. The van der Waals surface area contributed by atoms with Crippen LogP contribution in [0.1, 0.15) is 46.6 Å². The molecule has 1 amide bonds. The summed E-state index contributed by atoms with van der Waals surface area (Å²) in [6.45, 7) is 13.8. The number of para-hydroxylation sites is 1. The summed E-state index contributed by atoms with van der Waals surface area (Å²) in [5, 5.41) is 3.54. The summed E-state index contributed by atoms with van der Waals surface area (Å²) in [4.78, 5) is 26.5. The average Bonchev–Trinajstić information content (AvgIpc) is 3.09. The minimum absolute atomic E-state index is 0.000842. The van der Waals surface area contributed by atoms with Crippen molar-refractivity contribution in [2.45, 2.75) is 57.5 Å². The number of carbonyl (C=O) groups is 2. The Morgan fingerprint density at radius 2 is 1.81 bits per heavy atom. The van der Waals surface area contributed by atoms with Gasteiger partial charge in [-0.1, -0.05) is 30.4 Å². The number of Topliss-reactive ketones (excluding diaryl/α,β-unsaturated/α-hetero) is 1. The predicted molar refractivity (Wildman–Crippen MR) is 113 cm³/mol. The Morgan fingerprint density at radius 3 is 2.33 bits per heavy atom. The second kappa shape index (κ2) is 6.55. The molecule has 0 bridgehead atoms. The minimum atomic E-state index is -0.901. The van der Waals surface area contributed by atoms with Crippen molar-refractivity contribution in [1.82, 2.24) is 4.90 Å². The zero-order valence-electron chi connectivity index (χ0n) is 17.0. The molecule has 1 N–H and O–H groups in total. The number of ketones is 1. The normalized spacial score (nSPS) is 28.2. The number of likely N-dealkylation sites (tertiary alicyclic amines) is 1. The fraction of sp³-hybridized carbons (Fsp3) is 0.455. The zero-order valence-corrected chi connectivity index (χ0v) is 17.8. The summed E-state index contributed by atoms with van der Waals surface area (Å²) in [6, 6.07) is 8.14. The Hall–Kier alpha value is -2.01. The summed E-state index contributed by atoms with van der Waals surface area (Å²) < 4.78 is 0. The van der Waals surface area contributed by atoms with Gasteiger partial charge >= 0.3 is 0 Å². The Morgan fingerprint density at radius 1 is 1.19 bits per heavy atom. The Kier molecular flexibility index (Phi) is 4.79. The van der Waals surface area contributed by atoms with Crippen molar-refractivity contribution in [2.24, 2.45) is 0 Å². The zero-order chi connectivity index (χ0) is 20.1. The molecular formula is C22H28N2O2S. The van der Waals surface area contributed by atoms with Gasteiger partial charge in [-0.2, -0.15) is 0 Å². The van der Waals surface area contributed by atoms with Crippen LogP contribution in [-0.4, -0.2) is 33.9 Å². The SMILES string of the molecule is C=C(C(C)=C(C)C)[C@]12CC(SC)(C(C)=O)N(C(C)=O)[C@H]1Nc1ccccc12. The van der Waals surface area contributed by atoms with Gasteiger partial charge in [0.2, 0.25) is 5.91 Å². The molecule has 1 aromatic carbocycles. The summed E-state index contributed by atoms with van der Waals surface area (Å²) >= 11 is 1.45. The van der Waals surface area contributed by atoms with E-state index in [4.69, 9.17) is 0 Å². The molecule has 2 aliphatic heterocycles. The minimum Gasteiger partial charge on any atom is -0.364 e. The van der Waals surface area contributed by atoms with Gasteiger partial charge in [-0.05, 0) is 56.7 Å². The van der Waals surface area contributed by atoms with Gasteiger partial charge in [0.25, 0.3) is 0 Å². The van der Waals surface area contributed by atoms with E-state index in [1.807, 2.05) is 24.5 Å². The van der Waals surface area contributed by atoms with Gasteiger partial charge in [0, 0.05) is 19.0 Å². The van der Waals surface area contributed by atoms with Gasteiger partial charge in [0.15, 0.2) is 5.78 Å². The third-order valence-electron chi connectivity index (χ3n) is 6.30. The van der Waals surface area contributed by atoms with E-state index in [2.05, 4.69) is 38.7 Å². The lowest BCUT2D eigenvalue weighted by molar-refractivity contribution is -0.138. The number of amides is 1. The lowest BCUT2D eigenvalue weighted by Gasteiger charge is -2.37. The molecule has 27 heavy (non-hydrogen) atoms. The molecule has 1 unspecified atom stereocenters. The van der Waals surface area contributed by atoms with Crippen molar-refractivity contribution in [1.29, 1.82) is 0 Å². The van der Waals surface area contributed by atoms with E-state index in [-0.39, 0.29) is 17.9 Å². The van der Waals surface area contributed by atoms with Crippen LogP contribution in [0.25, 0.3) is 0 Å². The molecule has 2 aliphatic rings. The van der Waals surface area contributed by atoms with Crippen LogP contribution in [0.15, 0.2) is 47.6 Å². The van der Waals surface area contributed by atoms with Crippen molar-refractivity contribution in [3.05, 3.63) is 53.1 Å². The van der Waals surface area contributed by atoms with Crippen molar-refractivity contribution < 1.29 is 9.59 Å². The van der Waals surface area contributed by atoms with E-state index in [9.17, 15) is 9.59 Å². The van der Waals surface area contributed by atoms with Crippen LogP contribution in [0.5, 0.6) is 0 Å². The molecular weight excluding hydrogens is 356 g/mol. The van der Waals surface area contributed by atoms with Crippen LogP contribution in [-0.2, 0) is 15.0 Å². The average molecular weight is 385 g/mol. The van der Waals surface area contributed by atoms with Gasteiger partial charge in [-0.15, -0.1) is 11.8 Å². The highest BCUT2D eigenvalue weighted by Gasteiger charge is 2.67. The van der Waals surface area contributed by atoms with Crippen molar-refractivity contribution in [3.8, 4) is 0 Å². The smallest absolute Gasteiger partial charge is 0.222 e. The lowest BCUT2D eigenvalue weighted by Crippen LogP contribution is -2.54. The third kappa shape index (κ3) is 2.51. The first-order valence-corrected chi connectivity index (χ1v) is 10.4. The fourth-order valence-corrected chi connectivity index (χ4v) is 5.77. The maximum Gasteiger partial charge on any atom is 0.222 e. The molecule has 3 atom stereocenters. The topological polar surface area (TPSA) is 49.4 Å². The highest BCUT2D eigenvalue weighted by Crippen LogP contribution is 2.61. The fourth-order valence-electron chi connectivity index (χ4n) is 4.68. The molecule has 4 nitrogen and oxygen atoms in total. The highest BCUT2D eigenvalue weighted by molar-refractivity contribution is 8.00. The van der Waals surface area contributed by atoms with Crippen LogP contribution >= 0.6 is 11.8 Å². The first-order chi connectivity index (χ1) is 12.6. The second-order valence-electron chi connectivity index (χ2n) is 7.78. The van der Waals surface area contributed by atoms with Crippen molar-refractivity contribution >= 4 is 29.1 Å². The third-order valence-corrected chi connectivity index (χ3v) is 7.60. The number of anilines is 1. The van der Waals surface area contributed by atoms with E-state index in [1.54, 1.807) is 18.7 Å². The molecule has 1 aromatic rings. The number of nitrogens with zero attached hydrogens (tertiary/aromatic N) is 1. The number of fused-ring (bicyclic) bond motifs is 3. The highest BCUT2D eigenvalue weighted by atomic mass is 32.2. The monoisotopic (exact) mass is 384 g/mol. The molecule has 2 heterocycles.